The fourth-order valence-electron chi connectivity index (χ4n) is 1.25. The summed E-state index contributed by atoms with van der Waals surface area (Å²) < 4.78 is 18.0. The lowest BCUT2D eigenvalue weighted by Gasteiger charge is -2.04. The maximum Gasteiger partial charge on any atom is 0.331 e. The Labute approximate surface area is 113 Å². The normalized spacial score (nSPS) is 11.0. The zero-order chi connectivity index (χ0) is 14.6. The van der Waals surface area contributed by atoms with Crippen LogP contribution in [-0.2, 0) is 9.53 Å². The summed E-state index contributed by atoms with van der Waals surface area (Å²) in [6.07, 6.45) is 2.03. The molecule has 102 valence electrons. The van der Waals surface area contributed by atoms with Gasteiger partial charge in [0, 0.05) is 23.8 Å². The minimum atomic E-state index is -1.03. The van der Waals surface area contributed by atoms with Gasteiger partial charge >= 0.3 is 11.7 Å². The van der Waals surface area contributed by atoms with Gasteiger partial charge in [0.2, 0.25) is 5.82 Å². The molecule has 7 heteroatoms. The molecule has 1 aromatic rings. The number of carbonyl (C=O) groups excluding carboxylic acids is 1. The molecule has 1 rings (SSSR count). The van der Waals surface area contributed by atoms with Crippen LogP contribution in [0.1, 0.15) is 19.4 Å². The average Bonchev–Trinajstić information content (AvgIpc) is 2.26. The zero-order valence-corrected chi connectivity index (χ0v) is 11.0. The first-order valence-corrected chi connectivity index (χ1v) is 5.71. The molecule has 0 saturated carbocycles. The topological polar surface area (TPSA) is 69.4 Å². The molecule has 0 radical (unpaired) electrons. The van der Waals surface area contributed by atoms with Crippen molar-refractivity contribution in [1.82, 2.24) is 0 Å². The third kappa shape index (κ3) is 4.33. The highest BCUT2D eigenvalue weighted by molar-refractivity contribution is 6.32. The van der Waals surface area contributed by atoms with Crippen LogP contribution in [0.2, 0.25) is 5.02 Å². The number of esters is 1. The Morgan fingerprint density at radius 1 is 1.53 bits per heavy atom. The molecule has 0 bridgehead atoms. The summed E-state index contributed by atoms with van der Waals surface area (Å²) in [7, 11) is 0. The van der Waals surface area contributed by atoms with Gasteiger partial charge in [-0.25, -0.2) is 4.79 Å². The Hall–Kier alpha value is -1.95. The van der Waals surface area contributed by atoms with Crippen molar-refractivity contribution >= 4 is 29.3 Å². The molecule has 0 N–H and O–H groups in total. The van der Waals surface area contributed by atoms with Crippen LogP contribution in [0.3, 0.4) is 0 Å². The molecule has 0 aliphatic rings. The number of halogens is 2. The second-order valence-corrected chi connectivity index (χ2v) is 4.31. The fraction of sp³-hybridized carbons (Fsp3) is 0.250. The van der Waals surface area contributed by atoms with Gasteiger partial charge in [-0.05, 0) is 19.9 Å². The lowest BCUT2D eigenvalue weighted by molar-refractivity contribution is -0.387. The van der Waals surface area contributed by atoms with Crippen molar-refractivity contribution < 1.29 is 18.8 Å². The second kappa shape index (κ2) is 6.29. The summed E-state index contributed by atoms with van der Waals surface area (Å²) in [4.78, 5) is 21.0. The molecule has 5 nitrogen and oxygen atoms in total. The van der Waals surface area contributed by atoms with E-state index in [9.17, 15) is 19.3 Å². The van der Waals surface area contributed by atoms with Crippen LogP contribution >= 0.6 is 11.6 Å². The van der Waals surface area contributed by atoms with Gasteiger partial charge in [0.15, 0.2) is 0 Å². The third-order valence-corrected chi connectivity index (χ3v) is 2.34. The summed E-state index contributed by atoms with van der Waals surface area (Å²) in [5.74, 6) is -1.64. The molecule has 0 heterocycles. The van der Waals surface area contributed by atoms with E-state index in [1.807, 2.05) is 0 Å². The molecule has 0 aromatic heterocycles. The van der Waals surface area contributed by atoms with Crippen LogP contribution in [0.4, 0.5) is 10.1 Å². The second-order valence-electron chi connectivity index (χ2n) is 3.90. The van der Waals surface area contributed by atoms with Gasteiger partial charge in [-0.1, -0.05) is 11.6 Å². The van der Waals surface area contributed by atoms with Gasteiger partial charge < -0.3 is 4.74 Å². The monoisotopic (exact) mass is 287 g/mol. The van der Waals surface area contributed by atoms with Crippen molar-refractivity contribution in [1.29, 1.82) is 0 Å². The van der Waals surface area contributed by atoms with Crippen molar-refractivity contribution in [3.63, 3.8) is 0 Å². The predicted molar refractivity (Wildman–Crippen MR) is 68.3 cm³/mol. The summed E-state index contributed by atoms with van der Waals surface area (Å²) in [5.41, 5.74) is -0.545. The molecular weight excluding hydrogens is 277 g/mol. The molecular formula is C12H11ClFNO4. The standard InChI is InChI=1S/C12H11ClFNO4/c1-7(2)19-12(16)4-3-8-5-11(15(17)18)10(14)6-9(8)13/h3-7H,1-2H3. The minimum Gasteiger partial charge on any atom is -0.460 e. The molecule has 0 amide bonds. The van der Waals surface area contributed by atoms with Gasteiger partial charge in [-0.15, -0.1) is 0 Å². The molecule has 0 aliphatic heterocycles. The first kappa shape index (κ1) is 15.1. The van der Waals surface area contributed by atoms with Crippen molar-refractivity contribution in [3.05, 3.63) is 44.7 Å². The highest BCUT2D eigenvalue weighted by Gasteiger charge is 2.16. The van der Waals surface area contributed by atoms with E-state index in [0.717, 1.165) is 18.2 Å². The Balaban J connectivity index is 3.01. The van der Waals surface area contributed by atoms with Crippen molar-refractivity contribution in [2.45, 2.75) is 20.0 Å². The summed E-state index contributed by atoms with van der Waals surface area (Å²) in [6, 6.07) is 1.78. The molecule has 0 spiro atoms. The lowest BCUT2D eigenvalue weighted by atomic mass is 10.2. The number of nitro benzene ring substituents is 1. The van der Waals surface area contributed by atoms with Gasteiger partial charge in [-0.3, -0.25) is 10.1 Å². The van der Waals surface area contributed by atoms with Gasteiger partial charge in [0.1, 0.15) is 0 Å². The van der Waals surface area contributed by atoms with Crippen LogP contribution < -0.4 is 0 Å². The molecule has 0 saturated heterocycles. The van der Waals surface area contributed by atoms with E-state index < -0.39 is 22.4 Å². The van der Waals surface area contributed by atoms with E-state index in [1.165, 1.54) is 6.08 Å². The maximum atomic E-state index is 13.2. The quantitative estimate of drug-likeness (QED) is 0.368. The molecule has 19 heavy (non-hydrogen) atoms. The predicted octanol–water partition coefficient (Wildman–Crippen LogP) is 3.35. The van der Waals surface area contributed by atoms with E-state index in [-0.39, 0.29) is 16.7 Å². The number of hydrogen-bond acceptors (Lipinski definition) is 4. The number of ether oxygens (including phenoxy) is 1. The highest BCUT2D eigenvalue weighted by Crippen LogP contribution is 2.26. The number of benzene rings is 1. The molecule has 0 fully saturated rings. The largest absolute Gasteiger partial charge is 0.460 e. The third-order valence-electron chi connectivity index (χ3n) is 2.01. The first-order valence-electron chi connectivity index (χ1n) is 5.33. The fourth-order valence-corrected chi connectivity index (χ4v) is 1.46. The Kier molecular flexibility index (Phi) is 5.00. The Morgan fingerprint density at radius 3 is 2.68 bits per heavy atom. The van der Waals surface area contributed by atoms with E-state index in [2.05, 4.69) is 0 Å². The van der Waals surface area contributed by atoms with Crippen LogP contribution in [0.25, 0.3) is 6.08 Å². The lowest BCUT2D eigenvalue weighted by Crippen LogP contribution is -2.08. The number of carbonyl (C=O) groups is 1. The number of nitrogens with zero attached hydrogens (tertiary/aromatic N) is 1. The van der Waals surface area contributed by atoms with Gasteiger partial charge in [0.05, 0.1) is 16.0 Å². The molecule has 1 aromatic carbocycles. The average molecular weight is 288 g/mol. The minimum absolute atomic E-state index is 0.0308. The molecule has 0 aliphatic carbocycles. The van der Waals surface area contributed by atoms with Crippen LogP contribution in [0.5, 0.6) is 0 Å². The molecule has 0 unspecified atom stereocenters. The van der Waals surface area contributed by atoms with Crippen LogP contribution in [0, 0.1) is 15.9 Å². The summed E-state index contributed by atoms with van der Waals surface area (Å²) in [5, 5.41) is 10.5. The number of rotatable bonds is 4. The van der Waals surface area contributed by atoms with E-state index in [0.29, 0.717) is 0 Å². The van der Waals surface area contributed by atoms with Crippen LogP contribution in [-0.4, -0.2) is 17.0 Å². The van der Waals surface area contributed by atoms with Gasteiger partial charge in [-0.2, -0.15) is 4.39 Å². The molecule has 0 atom stereocenters. The van der Waals surface area contributed by atoms with E-state index >= 15 is 0 Å². The summed E-state index contributed by atoms with van der Waals surface area (Å²) >= 11 is 5.73. The Morgan fingerprint density at radius 2 is 2.16 bits per heavy atom. The Bertz CT molecular complexity index is 543. The smallest absolute Gasteiger partial charge is 0.331 e. The van der Waals surface area contributed by atoms with Gasteiger partial charge in [0.25, 0.3) is 0 Å². The van der Waals surface area contributed by atoms with Crippen molar-refractivity contribution in [2.75, 3.05) is 0 Å². The van der Waals surface area contributed by atoms with E-state index in [1.54, 1.807) is 13.8 Å². The number of nitro groups is 1. The number of hydrogen-bond donors (Lipinski definition) is 0. The van der Waals surface area contributed by atoms with Crippen molar-refractivity contribution in [3.8, 4) is 0 Å². The van der Waals surface area contributed by atoms with Crippen LogP contribution in [0.15, 0.2) is 18.2 Å². The first-order chi connectivity index (χ1) is 8.81. The van der Waals surface area contributed by atoms with E-state index in [4.69, 9.17) is 16.3 Å². The zero-order valence-electron chi connectivity index (χ0n) is 10.2. The SMILES string of the molecule is CC(C)OC(=O)C=Cc1cc([N+](=O)[O-])c(F)cc1Cl. The highest BCUT2D eigenvalue weighted by atomic mass is 35.5. The van der Waals surface area contributed by atoms with Crippen molar-refractivity contribution in [2.24, 2.45) is 0 Å². The summed E-state index contributed by atoms with van der Waals surface area (Å²) in [6.45, 7) is 3.36. The maximum absolute atomic E-state index is 13.2.